The molecule has 0 spiro atoms. The predicted molar refractivity (Wildman–Crippen MR) is 163 cm³/mol. The van der Waals surface area contributed by atoms with Gasteiger partial charge < -0.3 is 29.2 Å². The molecule has 0 amide bonds. The van der Waals surface area contributed by atoms with Crippen LogP contribution in [0.5, 0.6) is 0 Å². The molecule has 0 aromatic carbocycles. The Labute approximate surface area is 275 Å². The first-order chi connectivity index (χ1) is 22.2. The van der Waals surface area contributed by atoms with Gasteiger partial charge in [0.15, 0.2) is 0 Å². The minimum atomic E-state index is -1.13. The van der Waals surface area contributed by atoms with Crippen molar-refractivity contribution in [2.45, 2.75) is 91.0 Å². The Hall–Kier alpha value is -2.53. The number of carboxylic acids is 1. The van der Waals surface area contributed by atoms with Gasteiger partial charge in [-0.15, -0.1) is 0 Å². The Balaban J connectivity index is 1.25. The molecule has 0 aromatic heterocycles. The molecule has 2 N–H and O–H groups in total. The third-order valence-electron chi connectivity index (χ3n) is 13.7. The van der Waals surface area contributed by atoms with Gasteiger partial charge in [-0.05, 0) is 112 Å². The summed E-state index contributed by atoms with van der Waals surface area (Å²) in [6.07, 6.45) is 3.30. The topological polar surface area (TPSA) is 163 Å². The van der Waals surface area contributed by atoms with Gasteiger partial charge in [-0.3, -0.25) is 24.0 Å². The highest BCUT2D eigenvalue weighted by molar-refractivity contribution is 5.97. The lowest BCUT2D eigenvalue weighted by molar-refractivity contribution is -0.167. The monoisotopic (exact) mass is 658 g/mol. The summed E-state index contributed by atoms with van der Waals surface area (Å²) in [5.41, 5.74) is -0.681. The molecule has 6 bridgehead atoms. The fourth-order valence-corrected chi connectivity index (χ4v) is 12.3. The van der Waals surface area contributed by atoms with Crippen LogP contribution in [0.3, 0.4) is 0 Å². The summed E-state index contributed by atoms with van der Waals surface area (Å²) in [6.45, 7) is 9.55. The second-order valence-electron chi connectivity index (χ2n) is 16.9. The van der Waals surface area contributed by atoms with Crippen molar-refractivity contribution in [1.82, 2.24) is 0 Å². The van der Waals surface area contributed by atoms with Crippen molar-refractivity contribution in [2.75, 3.05) is 13.2 Å². The fraction of sp³-hybridized carbons (Fsp3) is 0.861. The average molecular weight is 659 g/mol. The van der Waals surface area contributed by atoms with E-state index in [-0.39, 0.29) is 72.9 Å². The first-order valence-electron chi connectivity index (χ1n) is 17.9. The summed E-state index contributed by atoms with van der Waals surface area (Å²) in [6, 6.07) is 0. The van der Waals surface area contributed by atoms with Gasteiger partial charge in [0.1, 0.15) is 5.60 Å². The predicted octanol–water partition coefficient (Wildman–Crippen LogP) is 3.49. The molecule has 7 rings (SSSR count). The van der Waals surface area contributed by atoms with Crippen LogP contribution in [0.25, 0.3) is 0 Å². The third-order valence-corrected chi connectivity index (χ3v) is 13.7. The largest absolute Gasteiger partial charge is 0.481 e. The molecular weight excluding hydrogens is 608 g/mol. The van der Waals surface area contributed by atoms with Gasteiger partial charge in [-0.25, -0.2) is 0 Å². The molecule has 3 aliphatic heterocycles. The normalized spacial score (nSPS) is 47.9. The van der Waals surface area contributed by atoms with Crippen molar-refractivity contribution < 1.29 is 53.1 Å². The van der Waals surface area contributed by atoms with E-state index in [0.717, 1.165) is 19.3 Å². The lowest BCUT2D eigenvalue weighted by Crippen LogP contribution is -2.53. The molecule has 3 heterocycles. The summed E-state index contributed by atoms with van der Waals surface area (Å²) in [7, 11) is 0. The van der Waals surface area contributed by atoms with Gasteiger partial charge in [-0.1, -0.05) is 13.8 Å². The van der Waals surface area contributed by atoms with Crippen LogP contribution in [0.15, 0.2) is 0 Å². The Morgan fingerprint density at radius 3 is 2.11 bits per heavy atom. The quantitative estimate of drug-likeness (QED) is 0.161. The molecular formula is C36H50O11. The van der Waals surface area contributed by atoms with E-state index in [2.05, 4.69) is 6.92 Å². The van der Waals surface area contributed by atoms with E-state index in [9.17, 15) is 29.1 Å². The van der Waals surface area contributed by atoms with E-state index >= 15 is 0 Å². The molecule has 4 saturated carbocycles. The molecule has 17 unspecified atom stereocenters. The molecule has 0 radical (unpaired) electrons. The second-order valence-corrected chi connectivity index (χ2v) is 16.9. The number of hydrogen-bond acceptors (Lipinski definition) is 10. The minimum absolute atomic E-state index is 0.00363. The highest BCUT2D eigenvalue weighted by Crippen LogP contribution is 2.68. The van der Waals surface area contributed by atoms with E-state index in [4.69, 9.17) is 24.1 Å². The second kappa shape index (κ2) is 11.8. The Bertz CT molecular complexity index is 1320. The number of carbonyl (C=O) groups excluding carboxylic acids is 4. The standard InChI is InChI=1S/C36H50O11/c1-14-16-7-8-17(11-16)21(14)25-26(35(43)46-34(25)42)24-19-12-18(13-20(19)32(40)47-36(3,4)5)23(24)22-15(2)29-28(33(41)44-10-6-9-37)27(31(38)39)30(22)45-29/h14-30,37H,6-13H2,1-5H3,(H,38,39). The Morgan fingerprint density at radius 2 is 1.49 bits per heavy atom. The number of cyclic esters (lactones) is 2. The number of aliphatic carboxylic acids is 1. The summed E-state index contributed by atoms with van der Waals surface area (Å²) in [5.74, 6) is -6.90. The molecule has 47 heavy (non-hydrogen) atoms. The highest BCUT2D eigenvalue weighted by atomic mass is 16.6. The van der Waals surface area contributed by atoms with E-state index in [1.54, 1.807) is 0 Å². The maximum atomic E-state index is 13.9. The number of ether oxygens (including phenoxy) is 4. The average Bonchev–Trinajstić information content (AvgIpc) is 3.83. The highest BCUT2D eigenvalue weighted by Gasteiger charge is 2.72. The van der Waals surface area contributed by atoms with Crippen LogP contribution >= 0.6 is 0 Å². The zero-order chi connectivity index (χ0) is 33.7. The zero-order valence-electron chi connectivity index (χ0n) is 28.0. The molecule has 11 nitrogen and oxygen atoms in total. The SMILES string of the molecule is CC1C2CCC(C2)C1C1C(=O)OC(=O)C1C1C2CC(CC2C(=O)OC(C)(C)C)C1C1C(C)C2OC1C(C(=O)O)C2C(=O)OCCCO. The molecule has 7 aliphatic rings. The summed E-state index contributed by atoms with van der Waals surface area (Å²) < 4.78 is 23.2. The van der Waals surface area contributed by atoms with Gasteiger partial charge >= 0.3 is 29.8 Å². The maximum absolute atomic E-state index is 13.9. The van der Waals surface area contributed by atoms with Gasteiger partial charge in [0.2, 0.25) is 0 Å². The van der Waals surface area contributed by atoms with E-state index in [0.29, 0.717) is 24.7 Å². The number of fused-ring (bicyclic) bond motifs is 6. The molecule has 4 aliphatic carbocycles. The zero-order valence-corrected chi connectivity index (χ0v) is 28.0. The van der Waals surface area contributed by atoms with Crippen molar-refractivity contribution in [1.29, 1.82) is 0 Å². The van der Waals surface area contributed by atoms with E-state index in [1.165, 1.54) is 0 Å². The van der Waals surface area contributed by atoms with Crippen LogP contribution in [0.1, 0.15) is 73.1 Å². The van der Waals surface area contributed by atoms with Crippen LogP contribution in [-0.4, -0.2) is 71.1 Å². The number of esters is 4. The van der Waals surface area contributed by atoms with Crippen molar-refractivity contribution in [2.24, 2.45) is 88.8 Å². The summed E-state index contributed by atoms with van der Waals surface area (Å²) >= 11 is 0. The van der Waals surface area contributed by atoms with Gasteiger partial charge in [-0.2, -0.15) is 0 Å². The number of carbonyl (C=O) groups is 5. The van der Waals surface area contributed by atoms with E-state index < -0.39 is 71.3 Å². The van der Waals surface area contributed by atoms with Crippen LogP contribution in [0.4, 0.5) is 0 Å². The third kappa shape index (κ3) is 5.15. The maximum Gasteiger partial charge on any atom is 0.317 e. The van der Waals surface area contributed by atoms with Gasteiger partial charge in [0.05, 0.1) is 48.4 Å². The van der Waals surface area contributed by atoms with Crippen molar-refractivity contribution in [3.05, 3.63) is 0 Å². The molecule has 0 aromatic rings. The summed E-state index contributed by atoms with van der Waals surface area (Å²) in [5, 5.41) is 19.6. The Kier molecular flexibility index (Phi) is 8.29. The van der Waals surface area contributed by atoms with Crippen molar-refractivity contribution in [3.8, 4) is 0 Å². The smallest absolute Gasteiger partial charge is 0.317 e. The van der Waals surface area contributed by atoms with Gasteiger partial charge in [0.25, 0.3) is 0 Å². The van der Waals surface area contributed by atoms with Crippen LogP contribution in [-0.2, 0) is 42.9 Å². The summed E-state index contributed by atoms with van der Waals surface area (Å²) in [4.78, 5) is 67.2. The number of aliphatic hydroxyl groups is 1. The first-order valence-corrected chi connectivity index (χ1v) is 17.9. The van der Waals surface area contributed by atoms with Crippen molar-refractivity contribution in [3.63, 3.8) is 0 Å². The molecule has 260 valence electrons. The van der Waals surface area contributed by atoms with Crippen LogP contribution < -0.4 is 0 Å². The molecule has 3 saturated heterocycles. The first kappa shape index (κ1) is 33.0. The Morgan fingerprint density at radius 1 is 0.809 bits per heavy atom. The number of hydrogen-bond donors (Lipinski definition) is 2. The van der Waals surface area contributed by atoms with Gasteiger partial charge in [0, 0.05) is 13.0 Å². The van der Waals surface area contributed by atoms with Crippen LogP contribution in [0.2, 0.25) is 0 Å². The van der Waals surface area contributed by atoms with Crippen molar-refractivity contribution >= 4 is 29.8 Å². The number of aliphatic hydroxyl groups excluding tert-OH is 1. The lowest BCUT2D eigenvalue weighted by atomic mass is 9.54. The molecule has 11 heteroatoms. The fourth-order valence-electron chi connectivity index (χ4n) is 12.3. The minimum Gasteiger partial charge on any atom is -0.481 e. The number of rotatable bonds is 9. The van der Waals surface area contributed by atoms with E-state index in [1.807, 2.05) is 27.7 Å². The lowest BCUT2D eigenvalue weighted by Gasteiger charge is -2.47. The van der Waals surface area contributed by atoms with Crippen LogP contribution in [0, 0.1) is 88.8 Å². The molecule has 17 atom stereocenters. The number of carboxylic acid groups (broad SMARTS) is 1. The molecule has 7 fully saturated rings.